The second kappa shape index (κ2) is 31.7. The largest absolute Gasteiger partial charge is 0.494 e. The number of aliphatic hydroxyl groups excluding tert-OH is 10. The predicted molar refractivity (Wildman–Crippen MR) is 256 cm³/mol. The average Bonchev–Trinajstić information content (AvgIpc) is 3.31. The summed E-state index contributed by atoms with van der Waals surface area (Å²) in [6, 6.07) is 25.9. The molecule has 0 saturated carbocycles. The Labute approximate surface area is 412 Å². The lowest BCUT2D eigenvalue weighted by atomic mass is 9.90. The minimum Gasteiger partial charge on any atom is -0.494 e. The Hall–Kier alpha value is -3.58. The van der Waals surface area contributed by atoms with E-state index < -0.39 is 86.5 Å². The lowest BCUT2D eigenvalue weighted by molar-refractivity contribution is -0.255. The van der Waals surface area contributed by atoms with Gasteiger partial charge in [0.2, 0.25) is 0 Å². The van der Waals surface area contributed by atoms with Crippen LogP contribution in [0.15, 0.2) is 84.9 Å². The van der Waals surface area contributed by atoms with Crippen LogP contribution in [0.3, 0.4) is 0 Å². The zero-order chi connectivity index (χ0) is 50.5. The molecule has 0 aromatic heterocycles. The van der Waals surface area contributed by atoms with E-state index in [0.717, 1.165) is 33.8 Å². The smallest absolute Gasteiger partial charge is 0.119 e. The van der Waals surface area contributed by atoms with Crippen molar-refractivity contribution in [2.24, 2.45) is 0 Å². The molecule has 2 aliphatic heterocycles. The molecule has 12 atom stereocenters. The quantitative estimate of drug-likeness (QED) is 0.0557. The molecule has 0 aliphatic carbocycles. The van der Waals surface area contributed by atoms with E-state index in [1.165, 1.54) is 13.8 Å². The van der Waals surface area contributed by atoms with Crippen molar-refractivity contribution >= 4 is 23.2 Å². The first kappa shape index (κ1) is 61.5. The van der Waals surface area contributed by atoms with Crippen LogP contribution in [0.5, 0.6) is 11.5 Å². The molecule has 2 fully saturated rings. The maximum atomic E-state index is 10.3. The van der Waals surface area contributed by atoms with E-state index in [4.69, 9.17) is 62.9 Å². The molecular weight excluding hydrogens is 947 g/mol. The third-order valence-electron chi connectivity index (χ3n) is 10.5. The molecule has 20 heteroatoms. The molecule has 0 radical (unpaired) electrons. The molecule has 0 amide bonds. The van der Waals surface area contributed by atoms with Crippen LogP contribution < -0.4 is 9.47 Å². The molecule has 0 unspecified atom stereocenters. The summed E-state index contributed by atoms with van der Waals surface area (Å²) in [7, 11) is 0. The van der Waals surface area contributed by atoms with Crippen molar-refractivity contribution in [3.63, 3.8) is 0 Å². The fourth-order valence-electron chi connectivity index (χ4n) is 6.96. The van der Waals surface area contributed by atoms with Crippen LogP contribution in [0.1, 0.15) is 80.7 Å². The molecule has 6 rings (SSSR count). The lowest BCUT2D eigenvalue weighted by Gasteiger charge is -2.40. The van der Waals surface area contributed by atoms with Gasteiger partial charge in [-0.15, -0.1) is 0 Å². The van der Waals surface area contributed by atoms with Gasteiger partial charge in [-0.3, -0.25) is 10.5 Å². The Morgan fingerprint density at radius 1 is 0.522 bits per heavy atom. The normalized spacial score (nSPS) is 24.9. The third-order valence-corrected chi connectivity index (χ3v) is 11.2. The van der Waals surface area contributed by atoms with Gasteiger partial charge in [0, 0.05) is 10.0 Å². The summed E-state index contributed by atoms with van der Waals surface area (Å²) in [5.41, 5.74) is 4.97. The van der Waals surface area contributed by atoms with Crippen molar-refractivity contribution < 1.29 is 90.3 Å². The highest BCUT2D eigenvalue weighted by Gasteiger charge is 2.45. The Kier molecular flexibility index (Phi) is 28.3. The predicted octanol–water partition coefficient (Wildman–Crippen LogP) is 4.04. The summed E-state index contributed by atoms with van der Waals surface area (Å²) in [6.07, 6.45) is -11.9. The number of benzene rings is 4. The summed E-state index contributed by atoms with van der Waals surface area (Å²) >= 11 is 12.7. The van der Waals surface area contributed by atoms with E-state index in [9.17, 15) is 40.9 Å². The highest BCUT2D eigenvalue weighted by Crippen LogP contribution is 2.36. The SMILES string of the molecule is C.CCOc1ccc(Cc2cc([C@@H]3O[C@H](CO)[C@@H](O)[C@H](O)[C@H]3O)ccc2Cl)cc1.CCOc1ccc(Cc2cc([C@@H]3O[C@H](CO)[C@@H](O)[C@H](O)[C@H]3O)ccc2Cl)cc1.C[C@@H](O)COO.C[C@H](O)COO. The maximum absolute atomic E-state index is 10.3. The van der Waals surface area contributed by atoms with Gasteiger partial charge in [0.25, 0.3) is 0 Å². The van der Waals surface area contributed by atoms with Gasteiger partial charge in [0.1, 0.15) is 85.8 Å². The Bertz CT molecular complexity index is 1860. The highest BCUT2D eigenvalue weighted by molar-refractivity contribution is 6.31. The summed E-state index contributed by atoms with van der Waals surface area (Å²) in [6.45, 7) is 7.16. The van der Waals surface area contributed by atoms with Gasteiger partial charge in [-0.25, -0.2) is 9.78 Å². The van der Waals surface area contributed by atoms with Crippen LogP contribution in [0.4, 0.5) is 0 Å². The molecule has 2 heterocycles. The zero-order valence-electron chi connectivity index (χ0n) is 38.2. The van der Waals surface area contributed by atoms with Crippen LogP contribution in [-0.2, 0) is 32.1 Å². The molecule has 2 aliphatic rings. The fraction of sp³-hybridized carbons (Fsp3) is 0.510. The first-order valence-electron chi connectivity index (χ1n) is 21.9. The van der Waals surface area contributed by atoms with Crippen molar-refractivity contribution in [2.75, 3.05) is 39.6 Å². The number of hydrogen-bond acceptors (Lipinski definition) is 18. The second-order valence-corrected chi connectivity index (χ2v) is 16.8. The average molecular weight is 1020 g/mol. The Balaban J connectivity index is 0.000000379. The molecule has 4 aromatic carbocycles. The van der Waals surface area contributed by atoms with Gasteiger partial charge in [0.15, 0.2) is 0 Å². The molecule has 12 N–H and O–H groups in total. The minimum atomic E-state index is -1.42. The number of halogens is 2. The highest BCUT2D eigenvalue weighted by atomic mass is 35.5. The molecule has 69 heavy (non-hydrogen) atoms. The summed E-state index contributed by atoms with van der Waals surface area (Å²) < 4.78 is 22.2. The van der Waals surface area contributed by atoms with E-state index in [1.54, 1.807) is 24.3 Å². The number of aliphatic hydroxyl groups is 10. The number of ether oxygens (including phenoxy) is 4. The molecule has 2 saturated heterocycles. The molecule has 0 spiro atoms. The molecular formula is C49H70Cl2O18. The van der Waals surface area contributed by atoms with E-state index in [1.807, 2.05) is 74.5 Å². The van der Waals surface area contributed by atoms with Gasteiger partial charge in [-0.1, -0.05) is 79.2 Å². The van der Waals surface area contributed by atoms with E-state index in [-0.39, 0.29) is 20.6 Å². The Morgan fingerprint density at radius 3 is 1.12 bits per heavy atom. The van der Waals surface area contributed by atoms with E-state index >= 15 is 0 Å². The van der Waals surface area contributed by atoms with E-state index in [2.05, 4.69) is 9.78 Å². The van der Waals surface area contributed by atoms with Crippen LogP contribution >= 0.6 is 23.2 Å². The van der Waals surface area contributed by atoms with Crippen LogP contribution in [0.2, 0.25) is 10.0 Å². The standard InChI is InChI=1S/2C21H25ClO6.2C3H8O3.CH4/c2*1-2-27-15-6-3-12(4-7-15)9-14-10-13(5-8-16(14)22)21-20(26)19(25)18(24)17(11-23)28-21;2*1-3(4)2-6-5;/h2*3-8,10,17-21,23-26H,2,9,11H2,1H3;2*3-5H,2H2,1H3;1H4/t2*17-,18-,19+,20-,21+;2*3-;/m1110./s1. The lowest BCUT2D eigenvalue weighted by Crippen LogP contribution is -2.55. The second-order valence-electron chi connectivity index (χ2n) is 16.0. The van der Waals surface area contributed by atoms with Crippen molar-refractivity contribution in [3.8, 4) is 11.5 Å². The van der Waals surface area contributed by atoms with Crippen LogP contribution in [0, 0.1) is 0 Å². The fourth-order valence-corrected chi connectivity index (χ4v) is 7.33. The van der Waals surface area contributed by atoms with Gasteiger partial charge >= 0.3 is 0 Å². The van der Waals surface area contributed by atoms with Crippen molar-refractivity contribution in [2.45, 2.75) is 121 Å². The molecule has 18 nitrogen and oxygen atoms in total. The zero-order valence-corrected chi connectivity index (χ0v) is 39.8. The number of rotatable bonds is 16. The maximum Gasteiger partial charge on any atom is 0.119 e. The van der Waals surface area contributed by atoms with Gasteiger partial charge in [0.05, 0.1) is 38.6 Å². The van der Waals surface area contributed by atoms with Crippen molar-refractivity contribution in [1.82, 2.24) is 0 Å². The molecule has 0 bridgehead atoms. The van der Waals surface area contributed by atoms with Crippen LogP contribution in [0.25, 0.3) is 0 Å². The Morgan fingerprint density at radius 2 is 0.855 bits per heavy atom. The molecule has 388 valence electrons. The third kappa shape index (κ3) is 19.2. The van der Waals surface area contributed by atoms with Gasteiger partial charge in [-0.2, -0.15) is 0 Å². The minimum absolute atomic E-state index is 0. The molecule has 4 aromatic rings. The summed E-state index contributed by atoms with van der Waals surface area (Å²) in [5.74, 6) is 1.60. The van der Waals surface area contributed by atoms with E-state index in [0.29, 0.717) is 47.2 Å². The van der Waals surface area contributed by atoms with Crippen molar-refractivity contribution in [3.05, 3.63) is 128 Å². The first-order valence-corrected chi connectivity index (χ1v) is 22.7. The van der Waals surface area contributed by atoms with Gasteiger partial charge in [-0.05, 0) is 110 Å². The number of hydrogen-bond donors (Lipinski definition) is 12. The van der Waals surface area contributed by atoms with Gasteiger partial charge < -0.3 is 70.0 Å². The monoisotopic (exact) mass is 1020 g/mol. The topological polar surface area (TPSA) is 298 Å². The summed E-state index contributed by atoms with van der Waals surface area (Å²) in [4.78, 5) is 7.11. The van der Waals surface area contributed by atoms with Crippen molar-refractivity contribution in [1.29, 1.82) is 0 Å². The van der Waals surface area contributed by atoms with Crippen LogP contribution in [-0.4, -0.2) is 162 Å². The first-order chi connectivity index (χ1) is 32.4. The summed E-state index contributed by atoms with van der Waals surface area (Å²) in [5, 5.41) is 112.